The van der Waals surface area contributed by atoms with Crippen LogP contribution in [-0.2, 0) is 37.1 Å². The topological polar surface area (TPSA) is 85.4 Å². The minimum absolute atomic E-state index is 0.0868. The summed E-state index contributed by atoms with van der Waals surface area (Å²) in [6, 6.07) is 7.51. The maximum atomic E-state index is 13.5. The number of amides is 1. The van der Waals surface area contributed by atoms with Crippen LogP contribution in [0, 0.1) is 17.8 Å². The second kappa shape index (κ2) is 10.8. The molecule has 2 bridgehead atoms. The van der Waals surface area contributed by atoms with Crippen molar-refractivity contribution in [3.05, 3.63) is 58.7 Å². The minimum atomic E-state index is -4.47. The molecule has 1 spiro atoms. The van der Waals surface area contributed by atoms with Crippen LogP contribution in [0.2, 0.25) is 0 Å². The molecule has 0 aromatic heterocycles. The summed E-state index contributed by atoms with van der Waals surface area (Å²) in [4.78, 5) is 42.6. The van der Waals surface area contributed by atoms with E-state index in [4.69, 9.17) is 14.2 Å². The summed E-state index contributed by atoms with van der Waals surface area (Å²) in [7, 11) is 1.65. The lowest BCUT2D eigenvalue weighted by atomic mass is 9.48. The number of likely N-dealkylation sites (N-methyl/N-ethyl adjacent to an activating group) is 1. The summed E-state index contributed by atoms with van der Waals surface area (Å²) >= 11 is 0. The molecule has 3 aliphatic carbocycles. The number of halogens is 3. The van der Waals surface area contributed by atoms with Crippen molar-refractivity contribution in [2.45, 2.75) is 87.8 Å². The first-order valence-corrected chi connectivity index (χ1v) is 15.7. The number of alkyl halides is 3. The van der Waals surface area contributed by atoms with E-state index in [-0.39, 0.29) is 17.6 Å². The summed E-state index contributed by atoms with van der Waals surface area (Å²) in [5, 5.41) is 0. The molecule has 3 fully saturated rings. The number of carbonyl (C=O) groups is 3. The van der Waals surface area contributed by atoms with E-state index in [1.54, 1.807) is 13.1 Å². The number of benzene rings is 2. The van der Waals surface area contributed by atoms with Crippen molar-refractivity contribution in [2.75, 3.05) is 20.1 Å². The van der Waals surface area contributed by atoms with Gasteiger partial charge in [-0.05, 0) is 86.9 Å². The van der Waals surface area contributed by atoms with Crippen LogP contribution in [0.4, 0.5) is 13.2 Å². The Morgan fingerprint density at radius 2 is 1.78 bits per heavy atom. The fourth-order valence-corrected chi connectivity index (χ4v) is 8.62. The molecule has 1 amide bonds. The van der Waals surface area contributed by atoms with Crippen molar-refractivity contribution in [3.8, 4) is 23.3 Å². The van der Waals surface area contributed by atoms with Gasteiger partial charge in [0, 0.05) is 44.5 Å². The van der Waals surface area contributed by atoms with Gasteiger partial charge in [-0.3, -0.25) is 19.3 Å². The van der Waals surface area contributed by atoms with Gasteiger partial charge in [0.1, 0.15) is 11.7 Å². The average Bonchev–Trinajstić information content (AvgIpc) is 3.74. The Kier molecular flexibility index (Phi) is 7.16. The maximum Gasteiger partial charge on any atom is 0.416 e. The number of ether oxygens (including phenoxy) is 3. The Hall–Kier alpha value is -4.04. The highest BCUT2D eigenvalue weighted by Gasteiger charge is 2.75. The van der Waals surface area contributed by atoms with Gasteiger partial charge < -0.3 is 19.1 Å². The van der Waals surface area contributed by atoms with Gasteiger partial charge in [-0.2, -0.15) is 13.2 Å². The molecule has 5 atom stereocenters. The average molecular weight is 637 g/mol. The summed E-state index contributed by atoms with van der Waals surface area (Å²) in [5.74, 6) is 5.29. The highest BCUT2D eigenvalue weighted by Crippen LogP contribution is 2.67. The van der Waals surface area contributed by atoms with Crippen molar-refractivity contribution in [3.63, 3.8) is 0 Å². The molecule has 2 heterocycles. The second-order valence-corrected chi connectivity index (χ2v) is 13.3. The molecule has 1 saturated heterocycles. The zero-order chi connectivity index (χ0) is 32.6. The molecule has 0 radical (unpaired) electrons. The smallest absolute Gasteiger partial charge is 0.416 e. The van der Waals surface area contributed by atoms with Crippen LogP contribution in [0.3, 0.4) is 0 Å². The van der Waals surface area contributed by atoms with Gasteiger partial charge in [-0.15, -0.1) is 0 Å². The fraction of sp³-hybridized carbons (Fsp3) is 0.514. The molecule has 5 aliphatic rings. The van der Waals surface area contributed by atoms with Gasteiger partial charge in [0.25, 0.3) is 5.91 Å². The summed E-state index contributed by atoms with van der Waals surface area (Å²) in [5.41, 5.74) is -0.293. The van der Waals surface area contributed by atoms with Crippen LogP contribution in [0.1, 0.15) is 68.2 Å². The molecule has 2 aromatic carbocycles. The Morgan fingerprint density at radius 1 is 1.04 bits per heavy atom. The lowest BCUT2D eigenvalue weighted by Gasteiger charge is -2.65. The predicted molar refractivity (Wildman–Crippen MR) is 159 cm³/mol. The lowest BCUT2D eigenvalue weighted by molar-refractivity contribution is -0.223. The van der Waals surface area contributed by atoms with E-state index in [0.29, 0.717) is 43.1 Å². The van der Waals surface area contributed by atoms with E-state index < -0.39 is 46.8 Å². The molecule has 0 N–H and O–H groups in total. The molecule has 8 nitrogen and oxygen atoms in total. The first-order chi connectivity index (χ1) is 21.8. The van der Waals surface area contributed by atoms with Crippen LogP contribution in [-0.4, -0.2) is 71.6 Å². The maximum absolute atomic E-state index is 13.5. The van der Waals surface area contributed by atoms with Gasteiger partial charge in [-0.1, -0.05) is 12.0 Å². The third-order valence-corrected chi connectivity index (χ3v) is 10.6. The van der Waals surface area contributed by atoms with Crippen LogP contribution in [0.25, 0.3) is 0 Å². The summed E-state index contributed by atoms with van der Waals surface area (Å²) in [6.45, 7) is 4.46. The largest absolute Gasteiger partial charge is 0.483 e. The van der Waals surface area contributed by atoms with Crippen molar-refractivity contribution < 1.29 is 41.8 Å². The number of nitrogens with zero attached hydrogens (tertiary/aromatic N) is 2. The SMILES string of the molecule is CC(=O)Oc1ccc2c3c1O[C@H]1[C@H](N(C)C(=O)C#Cc4ccc(C(F)(F)F)cc4)CCC4(OC(C)=O)[C@@H](C2)N(CC2CC2)CC[C@]314. The number of piperidine rings is 1. The molecule has 2 saturated carbocycles. The van der Waals surface area contributed by atoms with E-state index in [0.717, 1.165) is 36.3 Å². The Morgan fingerprint density at radius 3 is 2.43 bits per heavy atom. The molecule has 242 valence electrons. The standard InChI is InChI=1S/C35H35F3N2O6/c1-20(41)44-27-12-9-24-18-28-34(46-21(2)42)15-14-26(39(3)29(43)13-8-22-6-10-25(11-7-22)35(36,37)38)32-33(34,30(24)31(27)45-32)16-17-40(28)19-23-4-5-23/h6-7,9-12,23,26,28,32H,4-5,14-19H2,1-3H3/t26-,28-,32+,33+,34?/m1/s1. The van der Waals surface area contributed by atoms with E-state index in [1.807, 2.05) is 6.07 Å². The summed E-state index contributed by atoms with van der Waals surface area (Å²) < 4.78 is 57.9. The minimum Gasteiger partial charge on any atom is -0.483 e. The molecule has 1 unspecified atom stereocenters. The first kappa shape index (κ1) is 30.6. The van der Waals surface area contributed by atoms with E-state index in [1.165, 1.54) is 43.7 Å². The zero-order valence-corrected chi connectivity index (χ0v) is 25.9. The second-order valence-electron chi connectivity index (χ2n) is 13.3. The third-order valence-electron chi connectivity index (χ3n) is 10.6. The molecule has 46 heavy (non-hydrogen) atoms. The van der Waals surface area contributed by atoms with E-state index in [9.17, 15) is 27.6 Å². The van der Waals surface area contributed by atoms with Crippen LogP contribution in [0.5, 0.6) is 11.5 Å². The number of hydrogen-bond acceptors (Lipinski definition) is 7. The van der Waals surface area contributed by atoms with Crippen molar-refractivity contribution in [2.24, 2.45) is 5.92 Å². The lowest BCUT2D eigenvalue weighted by Crippen LogP contribution is -2.79. The van der Waals surface area contributed by atoms with Crippen molar-refractivity contribution in [1.29, 1.82) is 0 Å². The zero-order valence-electron chi connectivity index (χ0n) is 25.9. The summed E-state index contributed by atoms with van der Waals surface area (Å²) in [6.07, 6.45) is -0.493. The number of likely N-dealkylation sites (tertiary alicyclic amines) is 1. The Balaban J connectivity index is 1.28. The normalized spacial score (nSPS) is 29.0. The Bertz CT molecular complexity index is 1680. The molecule has 7 rings (SSSR count). The van der Waals surface area contributed by atoms with Crippen LogP contribution < -0.4 is 9.47 Å². The fourth-order valence-electron chi connectivity index (χ4n) is 8.62. The van der Waals surface area contributed by atoms with Gasteiger partial charge in [0.2, 0.25) is 0 Å². The molecular weight excluding hydrogens is 601 g/mol. The molecule has 2 aromatic rings. The monoisotopic (exact) mass is 636 g/mol. The highest BCUT2D eigenvalue weighted by molar-refractivity contribution is 5.94. The number of rotatable bonds is 5. The third kappa shape index (κ3) is 4.75. The van der Waals surface area contributed by atoms with E-state index >= 15 is 0 Å². The van der Waals surface area contributed by atoms with Gasteiger partial charge in [0.15, 0.2) is 11.5 Å². The van der Waals surface area contributed by atoms with Crippen LogP contribution in [0.15, 0.2) is 36.4 Å². The number of hydrogen-bond donors (Lipinski definition) is 0. The number of carbonyl (C=O) groups excluding carboxylic acids is 3. The van der Waals surface area contributed by atoms with Gasteiger partial charge in [-0.25, -0.2) is 0 Å². The van der Waals surface area contributed by atoms with Crippen molar-refractivity contribution in [1.82, 2.24) is 9.80 Å². The number of esters is 2. The van der Waals surface area contributed by atoms with E-state index in [2.05, 4.69) is 16.7 Å². The molecular formula is C35H35F3N2O6. The quantitative estimate of drug-likeness (QED) is 0.269. The molecule has 2 aliphatic heterocycles. The van der Waals surface area contributed by atoms with Gasteiger partial charge >= 0.3 is 18.1 Å². The Labute approximate surface area is 265 Å². The highest BCUT2D eigenvalue weighted by atomic mass is 19.4. The van der Waals surface area contributed by atoms with Gasteiger partial charge in [0.05, 0.1) is 23.1 Å². The first-order valence-electron chi connectivity index (χ1n) is 15.7. The predicted octanol–water partition coefficient (Wildman–Crippen LogP) is 4.64. The molecule has 11 heteroatoms. The van der Waals surface area contributed by atoms with Crippen LogP contribution >= 0.6 is 0 Å². The van der Waals surface area contributed by atoms with Crippen molar-refractivity contribution >= 4 is 17.8 Å².